The highest BCUT2D eigenvalue weighted by Gasteiger charge is 2.54. The van der Waals surface area contributed by atoms with Gasteiger partial charge in [-0.15, -0.1) is 0 Å². The molecular weight excluding hydrogens is 486 g/mol. The fraction of sp³-hybridized carbons (Fsp3) is 0.520. The maximum absolute atomic E-state index is 12.4. The normalized spacial score (nSPS) is 31.8. The first-order chi connectivity index (χ1) is 17.3. The van der Waals surface area contributed by atoms with E-state index in [4.69, 9.17) is 21.1 Å². The zero-order valence-corrected chi connectivity index (χ0v) is 20.6. The Morgan fingerprint density at radius 1 is 1.22 bits per heavy atom. The van der Waals surface area contributed by atoms with Gasteiger partial charge in [0.15, 0.2) is 11.9 Å². The summed E-state index contributed by atoms with van der Waals surface area (Å²) in [6, 6.07) is 8.54. The Balaban J connectivity index is 1.25. The molecule has 190 valence electrons. The minimum Gasteiger partial charge on any atom is -0.459 e. The van der Waals surface area contributed by atoms with Crippen molar-refractivity contribution in [3.05, 3.63) is 47.4 Å². The van der Waals surface area contributed by atoms with Crippen molar-refractivity contribution >= 4 is 34.4 Å². The van der Waals surface area contributed by atoms with E-state index in [2.05, 4.69) is 20.0 Å². The summed E-state index contributed by atoms with van der Waals surface area (Å²) in [4.78, 5) is 23.5. The molecule has 0 unspecified atom stereocenters. The number of nitrogens with zero attached hydrogens (tertiary/aromatic N) is 5. The van der Waals surface area contributed by atoms with Gasteiger partial charge in [0.05, 0.1) is 17.1 Å². The van der Waals surface area contributed by atoms with Gasteiger partial charge in [-0.2, -0.15) is 15.1 Å². The minimum absolute atomic E-state index is 0.0731. The van der Waals surface area contributed by atoms with Crippen LogP contribution in [0.3, 0.4) is 0 Å². The molecule has 1 aromatic carbocycles. The van der Waals surface area contributed by atoms with Crippen molar-refractivity contribution in [1.82, 2.24) is 19.7 Å². The monoisotopic (exact) mass is 513 g/mol. The minimum atomic E-state index is -1.70. The second kappa shape index (κ2) is 8.95. The van der Waals surface area contributed by atoms with Crippen LogP contribution in [0.1, 0.15) is 42.8 Å². The number of benzene rings is 1. The summed E-state index contributed by atoms with van der Waals surface area (Å²) >= 11 is 6.32. The van der Waals surface area contributed by atoms with E-state index in [1.807, 2.05) is 0 Å². The molecule has 0 radical (unpaired) electrons. The largest absolute Gasteiger partial charge is 0.459 e. The number of rotatable bonds is 5. The average molecular weight is 514 g/mol. The van der Waals surface area contributed by atoms with Gasteiger partial charge in [0, 0.05) is 13.1 Å². The molecule has 3 aliphatic rings. The van der Waals surface area contributed by atoms with Crippen LogP contribution in [0.4, 0.5) is 5.82 Å². The van der Waals surface area contributed by atoms with Gasteiger partial charge in [-0.25, -0.2) is 9.48 Å². The second-order valence-electron chi connectivity index (χ2n) is 10.1. The number of hydrogen-bond acceptors (Lipinski definition) is 9. The Morgan fingerprint density at radius 3 is 2.67 bits per heavy atom. The van der Waals surface area contributed by atoms with Crippen molar-refractivity contribution in [2.24, 2.45) is 11.8 Å². The van der Waals surface area contributed by atoms with E-state index in [9.17, 15) is 15.0 Å². The SMILES string of the molecule is C[C@@]1(O)[C@@H](COC(=O)c2ccccc2)O[C@@H](n2ncc3c(N4C[C@H]5CCC[C@H]5C4)nc(Cl)nc32)[C@@H]1O. The molecule has 1 saturated carbocycles. The molecule has 11 heteroatoms. The first-order valence-electron chi connectivity index (χ1n) is 12.3. The third-order valence-corrected chi connectivity index (χ3v) is 8.04. The Kier molecular flexibility index (Phi) is 5.87. The highest BCUT2D eigenvalue weighted by atomic mass is 35.5. The van der Waals surface area contributed by atoms with Crippen molar-refractivity contribution < 1.29 is 24.5 Å². The topological polar surface area (TPSA) is 123 Å². The quantitative estimate of drug-likeness (QED) is 0.391. The zero-order chi connectivity index (χ0) is 25.0. The molecule has 2 aliphatic heterocycles. The second-order valence-corrected chi connectivity index (χ2v) is 10.5. The summed E-state index contributed by atoms with van der Waals surface area (Å²) in [5, 5.41) is 27.3. The molecule has 4 heterocycles. The smallest absolute Gasteiger partial charge is 0.338 e. The molecule has 3 aromatic rings. The van der Waals surface area contributed by atoms with Crippen molar-refractivity contribution in [2.45, 2.75) is 50.2 Å². The lowest BCUT2D eigenvalue weighted by molar-refractivity contribution is -0.0846. The Hall–Kier alpha value is -2.79. The van der Waals surface area contributed by atoms with Gasteiger partial charge >= 0.3 is 5.97 Å². The van der Waals surface area contributed by atoms with Crippen LogP contribution in [0.5, 0.6) is 0 Å². The van der Waals surface area contributed by atoms with Gasteiger partial charge in [-0.3, -0.25) is 0 Å². The Morgan fingerprint density at radius 2 is 1.94 bits per heavy atom. The van der Waals surface area contributed by atoms with Crippen LogP contribution in [-0.2, 0) is 9.47 Å². The molecule has 2 saturated heterocycles. The number of aromatic nitrogens is 4. The first kappa shape index (κ1) is 23.6. The van der Waals surface area contributed by atoms with Crippen molar-refractivity contribution in [1.29, 1.82) is 0 Å². The molecule has 0 spiro atoms. The average Bonchev–Trinajstić information content (AvgIpc) is 3.62. The van der Waals surface area contributed by atoms with E-state index in [1.165, 1.54) is 30.9 Å². The zero-order valence-electron chi connectivity index (χ0n) is 19.8. The fourth-order valence-electron chi connectivity index (χ4n) is 5.79. The van der Waals surface area contributed by atoms with Crippen LogP contribution in [0.2, 0.25) is 5.28 Å². The molecule has 3 fully saturated rings. The maximum Gasteiger partial charge on any atom is 0.338 e. The lowest BCUT2D eigenvalue weighted by atomic mass is 9.95. The summed E-state index contributed by atoms with van der Waals surface area (Å²) in [7, 11) is 0. The molecule has 6 atom stereocenters. The number of anilines is 1. The highest BCUT2D eigenvalue weighted by Crippen LogP contribution is 2.42. The lowest BCUT2D eigenvalue weighted by Crippen LogP contribution is -2.46. The number of hydrogen-bond donors (Lipinski definition) is 2. The van der Waals surface area contributed by atoms with E-state index in [0.717, 1.165) is 18.9 Å². The van der Waals surface area contributed by atoms with Crippen LogP contribution in [0.25, 0.3) is 11.0 Å². The molecule has 36 heavy (non-hydrogen) atoms. The van der Waals surface area contributed by atoms with Crippen LogP contribution in [0.15, 0.2) is 36.5 Å². The molecule has 10 nitrogen and oxygen atoms in total. The van der Waals surface area contributed by atoms with Gasteiger partial charge in [0.2, 0.25) is 5.28 Å². The number of ether oxygens (including phenoxy) is 2. The van der Waals surface area contributed by atoms with E-state index < -0.39 is 30.0 Å². The van der Waals surface area contributed by atoms with Gasteiger partial charge in [0.25, 0.3) is 0 Å². The number of fused-ring (bicyclic) bond motifs is 2. The Bertz CT molecular complexity index is 1270. The van der Waals surface area contributed by atoms with Crippen LogP contribution >= 0.6 is 11.6 Å². The van der Waals surface area contributed by atoms with Crippen LogP contribution in [0, 0.1) is 11.8 Å². The van der Waals surface area contributed by atoms with Crippen molar-refractivity contribution in [3.8, 4) is 0 Å². The summed E-state index contributed by atoms with van der Waals surface area (Å²) in [6.07, 6.45) is 1.98. The Labute approximate surface area is 212 Å². The standard InChI is InChI=1S/C25H28ClN5O5/c1-25(34)18(13-35-23(33)14-6-3-2-4-7-14)36-22(19(25)32)31-21-17(10-27-31)20(28-24(26)29-21)30-11-15-8-5-9-16(15)12-30/h2-4,6-7,10,15-16,18-19,22,32,34H,5,8-9,11-13H2,1H3/t15-,16+,18-,19+,22-,25-/m1/s1. The van der Waals surface area contributed by atoms with Gasteiger partial charge in [0.1, 0.15) is 30.2 Å². The number of halogens is 1. The number of aliphatic hydroxyl groups is 2. The third-order valence-electron chi connectivity index (χ3n) is 7.87. The molecular formula is C25H28ClN5O5. The van der Waals surface area contributed by atoms with Crippen molar-refractivity contribution in [2.75, 3.05) is 24.6 Å². The van der Waals surface area contributed by atoms with E-state index in [0.29, 0.717) is 28.4 Å². The molecule has 0 amide bonds. The predicted octanol–water partition coefficient (Wildman–Crippen LogP) is 2.58. The van der Waals surface area contributed by atoms with E-state index >= 15 is 0 Å². The highest BCUT2D eigenvalue weighted by molar-refractivity contribution is 6.28. The van der Waals surface area contributed by atoms with Crippen LogP contribution in [-0.4, -0.2) is 73.4 Å². The number of aliphatic hydroxyl groups excluding tert-OH is 1. The molecule has 6 rings (SSSR count). The molecule has 0 bridgehead atoms. The summed E-state index contributed by atoms with van der Waals surface area (Å²) in [6.45, 7) is 3.04. The molecule has 2 N–H and O–H groups in total. The first-order valence-corrected chi connectivity index (χ1v) is 12.6. The van der Waals surface area contributed by atoms with Crippen molar-refractivity contribution in [3.63, 3.8) is 0 Å². The van der Waals surface area contributed by atoms with Gasteiger partial charge < -0.3 is 24.6 Å². The maximum atomic E-state index is 12.4. The number of carbonyl (C=O) groups is 1. The van der Waals surface area contributed by atoms with E-state index in [-0.39, 0.29) is 11.9 Å². The van der Waals surface area contributed by atoms with Gasteiger partial charge in [-0.05, 0) is 55.3 Å². The molecule has 1 aliphatic carbocycles. The molecule has 2 aromatic heterocycles. The number of carbonyl (C=O) groups excluding carboxylic acids is 1. The summed E-state index contributed by atoms with van der Waals surface area (Å²) in [5.41, 5.74) is -0.912. The summed E-state index contributed by atoms with van der Waals surface area (Å²) in [5.74, 6) is 1.51. The summed E-state index contributed by atoms with van der Waals surface area (Å²) < 4.78 is 12.8. The van der Waals surface area contributed by atoms with Crippen LogP contribution < -0.4 is 4.90 Å². The predicted molar refractivity (Wildman–Crippen MR) is 131 cm³/mol. The van der Waals surface area contributed by atoms with Gasteiger partial charge in [-0.1, -0.05) is 24.6 Å². The third kappa shape index (κ3) is 3.92. The van der Waals surface area contributed by atoms with E-state index in [1.54, 1.807) is 36.5 Å². The lowest BCUT2D eigenvalue weighted by Gasteiger charge is -2.26. The fourth-order valence-corrected chi connectivity index (χ4v) is 5.95. The number of esters is 1.